The Labute approximate surface area is 162 Å². The third-order valence-electron chi connectivity index (χ3n) is 4.34. The van der Waals surface area contributed by atoms with E-state index in [4.69, 9.17) is 14.2 Å². The van der Waals surface area contributed by atoms with Gasteiger partial charge >= 0.3 is 13.8 Å². The maximum atomic E-state index is 11.4. The van der Waals surface area contributed by atoms with Crippen LogP contribution in [0.1, 0.15) is 18.7 Å². The monoisotopic (exact) mass is 419 g/mol. The number of aryl methyl sites for hydroxylation is 2. The Kier molecular flexibility index (Phi) is 7.25. The Morgan fingerprint density at radius 1 is 1.30 bits per heavy atom. The minimum atomic E-state index is -3.92. The molecule has 150 valence electrons. The molecule has 0 aliphatic carbocycles. The van der Waals surface area contributed by atoms with Crippen LogP contribution in [0.4, 0.5) is 5.69 Å². The van der Waals surface area contributed by atoms with E-state index in [1.165, 1.54) is 0 Å². The van der Waals surface area contributed by atoms with Crippen LogP contribution < -0.4 is 4.90 Å². The SMILES string of the molecule is Cl.Cn1c(CCCC(=O)O)nc2cc(N3CCOP(=O)(O)OCC3)ccc21. The van der Waals surface area contributed by atoms with Gasteiger partial charge in [0.25, 0.3) is 0 Å². The first kappa shape index (κ1) is 21.7. The molecule has 2 N–H and O–H groups in total. The molecule has 1 aliphatic heterocycles. The lowest BCUT2D eigenvalue weighted by Gasteiger charge is -2.27. The van der Waals surface area contributed by atoms with Crippen molar-refractivity contribution >= 4 is 42.9 Å². The van der Waals surface area contributed by atoms with Crippen LogP contribution in [0.5, 0.6) is 0 Å². The number of phosphoric acid groups is 1. The molecule has 11 heteroatoms. The predicted octanol–water partition coefficient (Wildman–Crippen LogP) is 2.36. The van der Waals surface area contributed by atoms with Crippen molar-refractivity contribution in [1.29, 1.82) is 0 Å². The quantitative estimate of drug-likeness (QED) is 0.710. The Hall–Kier alpha value is -1.64. The lowest BCUT2D eigenvalue weighted by molar-refractivity contribution is -0.137. The second kappa shape index (κ2) is 9.03. The third-order valence-corrected chi connectivity index (χ3v) is 5.36. The Morgan fingerprint density at radius 2 is 1.96 bits per heavy atom. The van der Waals surface area contributed by atoms with E-state index in [1.807, 2.05) is 34.7 Å². The summed E-state index contributed by atoms with van der Waals surface area (Å²) >= 11 is 0. The van der Waals surface area contributed by atoms with Crippen molar-refractivity contribution in [3.8, 4) is 0 Å². The largest absolute Gasteiger partial charge is 0.481 e. The van der Waals surface area contributed by atoms with E-state index < -0.39 is 13.8 Å². The van der Waals surface area contributed by atoms with Gasteiger partial charge in [-0.3, -0.25) is 13.8 Å². The second-order valence-corrected chi connectivity index (χ2v) is 7.58. The summed E-state index contributed by atoms with van der Waals surface area (Å²) in [6, 6.07) is 5.89. The van der Waals surface area contributed by atoms with E-state index in [9.17, 15) is 14.3 Å². The molecule has 0 radical (unpaired) electrons. The van der Waals surface area contributed by atoms with E-state index in [2.05, 4.69) is 4.98 Å². The van der Waals surface area contributed by atoms with Gasteiger partial charge in [-0.2, -0.15) is 0 Å². The van der Waals surface area contributed by atoms with Gasteiger partial charge < -0.3 is 19.5 Å². The summed E-state index contributed by atoms with van der Waals surface area (Å²) in [7, 11) is -2.00. The molecule has 0 atom stereocenters. The van der Waals surface area contributed by atoms with Crippen LogP contribution in [0.25, 0.3) is 11.0 Å². The van der Waals surface area contributed by atoms with Crippen molar-refractivity contribution < 1.29 is 28.4 Å². The van der Waals surface area contributed by atoms with Crippen molar-refractivity contribution in [2.24, 2.45) is 7.05 Å². The van der Waals surface area contributed by atoms with Gasteiger partial charge in [-0.15, -0.1) is 12.4 Å². The average Bonchev–Trinajstić information content (AvgIpc) is 2.87. The van der Waals surface area contributed by atoms with Crippen LogP contribution >= 0.6 is 20.2 Å². The topological polar surface area (TPSA) is 114 Å². The number of rotatable bonds is 5. The van der Waals surface area contributed by atoms with Crippen molar-refractivity contribution in [3.63, 3.8) is 0 Å². The predicted molar refractivity (Wildman–Crippen MR) is 102 cm³/mol. The number of nitrogens with zero attached hydrogens (tertiary/aromatic N) is 3. The molecule has 0 bridgehead atoms. The summed E-state index contributed by atoms with van der Waals surface area (Å²) in [6.07, 6.45) is 1.27. The molecule has 1 saturated heterocycles. The molecule has 3 rings (SSSR count). The third kappa shape index (κ3) is 5.43. The van der Waals surface area contributed by atoms with Crippen LogP contribution in [0.3, 0.4) is 0 Å². The number of hydrogen-bond acceptors (Lipinski definition) is 6. The number of aliphatic carboxylic acids is 1. The lowest BCUT2D eigenvalue weighted by atomic mass is 10.2. The zero-order chi connectivity index (χ0) is 18.7. The molecule has 1 aromatic carbocycles. The van der Waals surface area contributed by atoms with E-state index in [0.29, 0.717) is 25.9 Å². The van der Waals surface area contributed by atoms with Gasteiger partial charge in [0.15, 0.2) is 0 Å². The van der Waals surface area contributed by atoms with E-state index in [0.717, 1.165) is 22.5 Å². The number of carboxylic acids is 1. The number of imidazole rings is 1. The minimum Gasteiger partial charge on any atom is -0.481 e. The Bertz CT molecular complexity index is 844. The normalized spacial score (nSPS) is 17.2. The van der Waals surface area contributed by atoms with Gasteiger partial charge in [-0.1, -0.05) is 0 Å². The minimum absolute atomic E-state index is 0. The van der Waals surface area contributed by atoms with Gasteiger partial charge in [0.1, 0.15) is 5.82 Å². The second-order valence-electron chi connectivity index (χ2n) is 6.13. The van der Waals surface area contributed by atoms with Crippen molar-refractivity contribution in [2.45, 2.75) is 19.3 Å². The first-order valence-electron chi connectivity index (χ1n) is 8.40. The highest BCUT2D eigenvalue weighted by Crippen LogP contribution is 2.43. The number of carboxylic acid groups (broad SMARTS) is 1. The summed E-state index contributed by atoms with van der Waals surface area (Å²) in [5, 5.41) is 8.77. The first-order chi connectivity index (χ1) is 12.4. The smallest absolute Gasteiger partial charge is 0.472 e. The van der Waals surface area contributed by atoms with Crippen LogP contribution in [-0.4, -0.2) is 51.8 Å². The molecule has 0 saturated carbocycles. The van der Waals surface area contributed by atoms with E-state index in [-0.39, 0.29) is 32.0 Å². The van der Waals surface area contributed by atoms with Crippen molar-refractivity contribution in [1.82, 2.24) is 9.55 Å². The van der Waals surface area contributed by atoms with Crippen LogP contribution in [0, 0.1) is 0 Å². The number of carbonyl (C=O) groups is 1. The number of hydrogen-bond donors (Lipinski definition) is 2. The first-order valence-corrected chi connectivity index (χ1v) is 9.89. The maximum absolute atomic E-state index is 11.4. The number of aromatic nitrogens is 2. The van der Waals surface area contributed by atoms with Gasteiger partial charge in [-0.25, -0.2) is 9.55 Å². The molecule has 0 spiro atoms. The highest BCUT2D eigenvalue weighted by atomic mass is 35.5. The summed E-state index contributed by atoms with van der Waals surface area (Å²) in [6.45, 7) is 1.12. The van der Waals surface area contributed by atoms with E-state index in [1.54, 1.807) is 0 Å². The summed E-state index contributed by atoms with van der Waals surface area (Å²) < 4.78 is 23.2. The van der Waals surface area contributed by atoms with Crippen LogP contribution in [0.15, 0.2) is 18.2 Å². The van der Waals surface area contributed by atoms with Gasteiger partial charge in [-0.05, 0) is 24.6 Å². The molecule has 27 heavy (non-hydrogen) atoms. The van der Waals surface area contributed by atoms with Gasteiger partial charge in [0.2, 0.25) is 0 Å². The number of anilines is 1. The highest BCUT2D eigenvalue weighted by Gasteiger charge is 2.24. The fourth-order valence-electron chi connectivity index (χ4n) is 3.00. The van der Waals surface area contributed by atoms with Crippen LogP contribution in [0.2, 0.25) is 0 Å². The molecular weight excluding hydrogens is 397 g/mol. The lowest BCUT2D eigenvalue weighted by Crippen LogP contribution is -2.32. The molecular formula is C16H23ClN3O6P. The molecule has 1 aromatic heterocycles. The van der Waals surface area contributed by atoms with E-state index >= 15 is 0 Å². The van der Waals surface area contributed by atoms with Crippen molar-refractivity contribution in [3.05, 3.63) is 24.0 Å². The molecule has 1 fully saturated rings. The Morgan fingerprint density at radius 3 is 2.59 bits per heavy atom. The molecule has 0 amide bonds. The number of fused-ring (bicyclic) bond motifs is 1. The standard InChI is InChI=1S/C16H22N3O6P.ClH/c1-18-14-6-5-12(19-7-9-24-26(22,23)25-10-8-19)11-13(14)17-15(18)3-2-4-16(20)21;/h5-6,11H,2-4,7-10H2,1H3,(H,20,21)(H,22,23);1H. The Balaban J connectivity index is 0.00000261. The van der Waals surface area contributed by atoms with Crippen LogP contribution in [-0.2, 0) is 31.9 Å². The highest BCUT2D eigenvalue weighted by molar-refractivity contribution is 7.47. The molecule has 2 aromatic rings. The maximum Gasteiger partial charge on any atom is 0.472 e. The molecule has 2 heterocycles. The van der Waals surface area contributed by atoms with Crippen molar-refractivity contribution in [2.75, 3.05) is 31.2 Å². The average molecular weight is 420 g/mol. The summed E-state index contributed by atoms with van der Waals surface area (Å²) in [4.78, 5) is 26.7. The zero-order valence-electron chi connectivity index (χ0n) is 14.9. The number of phosphoric ester groups is 1. The summed E-state index contributed by atoms with van der Waals surface area (Å²) in [5.74, 6) is 0.0407. The zero-order valence-corrected chi connectivity index (χ0v) is 16.6. The fraction of sp³-hybridized carbons (Fsp3) is 0.500. The summed E-state index contributed by atoms with van der Waals surface area (Å²) in [5.41, 5.74) is 2.72. The molecule has 0 unspecified atom stereocenters. The molecule has 1 aliphatic rings. The number of halogens is 1. The molecule has 9 nitrogen and oxygen atoms in total. The van der Waals surface area contributed by atoms with Gasteiger partial charge in [0.05, 0.1) is 24.2 Å². The fourth-order valence-corrected chi connectivity index (χ4v) is 3.70. The van der Waals surface area contributed by atoms with Gasteiger partial charge in [0, 0.05) is 38.7 Å². The number of benzene rings is 1.